The van der Waals surface area contributed by atoms with Crippen LogP contribution in [0.1, 0.15) is 31.2 Å². The molecule has 21 heavy (non-hydrogen) atoms. The van der Waals surface area contributed by atoms with Gasteiger partial charge in [0, 0.05) is 11.7 Å². The van der Waals surface area contributed by atoms with Crippen LogP contribution in [-0.4, -0.2) is 23.1 Å². The van der Waals surface area contributed by atoms with E-state index in [4.69, 9.17) is 5.11 Å². The molecular weight excluding hydrogens is 275 g/mol. The number of carboxylic acid groups (broad SMARTS) is 1. The Morgan fingerprint density at radius 1 is 1.24 bits per heavy atom. The third-order valence-corrected chi connectivity index (χ3v) is 3.83. The summed E-state index contributed by atoms with van der Waals surface area (Å²) in [6, 6.07) is 4.02. The van der Waals surface area contributed by atoms with Crippen LogP contribution < -0.4 is 10.6 Å². The van der Waals surface area contributed by atoms with Crippen LogP contribution in [-0.2, 0) is 4.79 Å². The number of amides is 2. The van der Waals surface area contributed by atoms with E-state index in [1.165, 1.54) is 12.1 Å². The van der Waals surface area contributed by atoms with Gasteiger partial charge in [-0.05, 0) is 56.4 Å². The number of carbonyl (C=O) groups is 2. The first-order chi connectivity index (χ1) is 9.95. The Labute approximate surface area is 122 Å². The van der Waals surface area contributed by atoms with E-state index in [2.05, 4.69) is 10.6 Å². The molecule has 0 heterocycles. The first-order valence-corrected chi connectivity index (χ1v) is 7.02. The van der Waals surface area contributed by atoms with Crippen LogP contribution in [0.4, 0.5) is 14.9 Å². The Bertz CT molecular complexity index is 540. The second-order valence-corrected chi connectivity index (χ2v) is 5.45. The number of aryl methyl sites for hydroxylation is 1. The highest BCUT2D eigenvalue weighted by molar-refractivity contribution is 5.89. The van der Waals surface area contributed by atoms with Crippen LogP contribution in [0.3, 0.4) is 0 Å². The number of halogens is 1. The third kappa shape index (κ3) is 4.18. The first-order valence-electron chi connectivity index (χ1n) is 7.02. The van der Waals surface area contributed by atoms with Crippen molar-refractivity contribution in [2.45, 2.75) is 38.6 Å². The Balaban J connectivity index is 1.82. The van der Waals surface area contributed by atoms with Crippen molar-refractivity contribution in [1.82, 2.24) is 5.32 Å². The predicted molar refractivity (Wildman–Crippen MR) is 76.7 cm³/mol. The van der Waals surface area contributed by atoms with Gasteiger partial charge in [0.05, 0.1) is 5.92 Å². The molecule has 114 valence electrons. The second kappa shape index (κ2) is 6.56. The molecule has 2 rings (SSSR count). The van der Waals surface area contributed by atoms with E-state index in [1.807, 2.05) is 0 Å². The maximum Gasteiger partial charge on any atom is 0.319 e. The van der Waals surface area contributed by atoms with Crippen LogP contribution in [0.25, 0.3) is 0 Å². The summed E-state index contributed by atoms with van der Waals surface area (Å²) in [4.78, 5) is 22.7. The lowest BCUT2D eigenvalue weighted by atomic mass is 9.86. The van der Waals surface area contributed by atoms with Gasteiger partial charge in [-0.1, -0.05) is 0 Å². The lowest BCUT2D eigenvalue weighted by molar-refractivity contribution is -0.142. The summed E-state index contributed by atoms with van der Waals surface area (Å²) in [7, 11) is 0. The van der Waals surface area contributed by atoms with Gasteiger partial charge >= 0.3 is 12.0 Å². The van der Waals surface area contributed by atoms with Gasteiger partial charge in [-0.15, -0.1) is 0 Å². The van der Waals surface area contributed by atoms with Gasteiger partial charge in [-0.2, -0.15) is 0 Å². The molecule has 1 aliphatic carbocycles. The largest absolute Gasteiger partial charge is 0.481 e. The highest BCUT2D eigenvalue weighted by Crippen LogP contribution is 2.24. The highest BCUT2D eigenvalue weighted by Gasteiger charge is 2.26. The van der Waals surface area contributed by atoms with Gasteiger partial charge in [0.25, 0.3) is 0 Å². The van der Waals surface area contributed by atoms with Crippen molar-refractivity contribution in [2.24, 2.45) is 5.92 Å². The SMILES string of the molecule is Cc1cc(NC(=O)NC2CCC(C(=O)O)CC2)ccc1F. The molecule has 0 atom stereocenters. The summed E-state index contributed by atoms with van der Waals surface area (Å²) in [5, 5.41) is 14.4. The van der Waals surface area contributed by atoms with Crippen molar-refractivity contribution < 1.29 is 19.1 Å². The van der Waals surface area contributed by atoms with Crippen molar-refractivity contribution in [3.05, 3.63) is 29.6 Å². The minimum Gasteiger partial charge on any atom is -0.481 e. The summed E-state index contributed by atoms with van der Waals surface area (Å²) >= 11 is 0. The Kier molecular flexibility index (Phi) is 4.77. The molecule has 0 radical (unpaired) electrons. The Morgan fingerprint density at radius 3 is 2.48 bits per heavy atom. The maximum absolute atomic E-state index is 13.1. The number of carboxylic acids is 1. The number of anilines is 1. The van der Waals surface area contributed by atoms with Crippen LogP contribution in [0, 0.1) is 18.7 Å². The van der Waals surface area contributed by atoms with Crippen LogP contribution in [0.5, 0.6) is 0 Å². The standard InChI is InChI=1S/C15H19FN2O3/c1-9-8-12(6-7-13(9)16)18-15(21)17-11-4-2-10(3-5-11)14(19)20/h6-8,10-11H,2-5H2,1H3,(H,19,20)(H2,17,18,21). The zero-order valence-corrected chi connectivity index (χ0v) is 11.9. The van der Waals surface area contributed by atoms with Crippen molar-refractivity contribution in [3.63, 3.8) is 0 Å². The maximum atomic E-state index is 13.1. The van der Waals surface area contributed by atoms with E-state index >= 15 is 0 Å². The third-order valence-electron chi connectivity index (χ3n) is 3.83. The number of urea groups is 1. The summed E-state index contributed by atoms with van der Waals surface area (Å²) < 4.78 is 13.1. The number of hydrogen-bond acceptors (Lipinski definition) is 2. The van der Waals surface area contributed by atoms with Gasteiger partial charge in [-0.3, -0.25) is 4.79 Å². The van der Waals surface area contributed by atoms with Gasteiger partial charge in [0.15, 0.2) is 0 Å². The normalized spacial score (nSPS) is 21.6. The van der Waals surface area contributed by atoms with E-state index in [1.54, 1.807) is 13.0 Å². The van der Waals surface area contributed by atoms with Gasteiger partial charge in [0.2, 0.25) is 0 Å². The number of benzene rings is 1. The van der Waals surface area contributed by atoms with Crippen molar-refractivity contribution >= 4 is 17.7 Å². The van der Waals surface area contributed by atoms with Gasteiger partial charge in [0.1, 0.15) is 5.82 Å². The molecule has 0 aliphatic heterocycles. The smallest absolute Gasteiger partial charge is 0.319 e. The fourth-order valence-electron chi connectivity index (χ4n) is 2.56. The molecule has 1 aromatic carbocycles. The lowest BCUT2D eigenvalue weighted by Crippen LogP contribution is -2.41. The zero-order chi connectivity index (χ0) is 15.4. The molecular formula is C15H19FN2O3. The van der Waals surface area contributed by atoms with Crippen molar-refractivity contribution in [1.29, 1.82) is 0 Å². The highest BCUT2D eigenvalue weighted by atomic mass is 19.1. The summed E-state index contributed by atoms with van der Waals surface area (Å²) in [5.74, 6) is -1.38. The molecule has 5 nitrogen and oxygen atoms in total. The van der Waals surface area contributed by atoms with Crippen LogP contribution >= 0.6 is 0 Å². The minimum absolute atomic E-state index is 0.0119. The first kappa shape index (κ1) is 15.3. The monoisotopic (exact) mass is 294 g/mol. The van der Waals surface area contributed by atoms with E-state index in [0.29, 0.717) is 36.9 Å². The number of aliphatic carboxylic acids is 1. The molecule has 1 aliphatic rings. The topological polar surface area (TPSA) is 78.4 Å². The fraction of sp³-hybridized carbons (Fsp3) is 0.467. The molecule has 1 fully saturated rings. The van der Waals surface area contributed by atoms with Crippen molar-refractivity contribution in [3.8, 4) is 0 Å². The molecule has 2 amide bonds. The molecule has 0 aromatic heterocycles. The average Bonchev–Trinajstić information content (AvgIpc) is 2.43. The van der Waals surface area contributed by atoms with E-state index in [0.717, 1.165) is 0 Å². The number of hydrogen-bond donors (Lipinski definition) is 3. The molecule has 0 saturated heterocycles. The van der Waals surface area contributed by atoms with E-state index < -0.39 is 5.97 Å². The lowest BCUT2D eigenvalue weighted by Gasteiger charge is -2.26. The average molecular weight is 294 g/mol. The van der Waals surface area contributed by atoms with Crippen LogP contribution in [0.2, 0.25) is 0 Å². The van der Waals surface area contributed by atoms with Crippen LogP contribution in [0.15, 0.2) is 18.2 Å². The van der Waals surface area contributed by atoms with Crippen molar-refractivity contribution in [2.75, 3.05) is 5.32 Å². The fourth-order valence-corrected chi connectivity index (χ4v) is 2.56. The molecule has 0 spiro atoms. The molecule has 6 heteroatoms. The van der Waals surface area contributed by atoms with Gasteiger partial charge in [-0.25, -0.2) is 9.18 Å². The predicted octanol–water partition coefficient (Wildman–Crippen LogP) is 2.90. The summed E-state index contributed by atoms with van der Waals surface area (Å²) in [6.45, 7) is 1.63. The second-order valence-electron chi connectivity index (χ2n) is 5.45. The minimum atomic E-state index is -0.764. The molecule has 3 N–H and O–H groups in total. The van der Waals surface area contributed by atoms with E-state index in [9.17, 15) is 14.0 Å². The Hall–Kier alpha value is -2.11. The Morgan fingerprint density at radius 2 is 1.90 bits per heavy atom. The number of nitrogens with one attached hydrogen (secondary N) is 2. The molecule has 1 saturated carbocycles. The quantitative estimate of drug-likeness (QED) is 0.802. The number of carbonyl (C=O) groups excluding carboxylic acids is 1. The number of rotatable bonds is 3. The summed E-state index contributed by atoms with van der Waals surface area (Å²) in [6.07, 6.45) is 2.48. The molecule has 0 bridgehead atoms. The van der Waals surface area contributed by atoms with E-state index in [-0.39, 0.29) is 23.8 Å². The zero-order valence-electron chi connectivity index (χ0n) is 11.9. The molecule has 0 unspecified atom stereocenters. The summed E-state index contributed by atoms with van der Waals surface area (Å²) in [5.41, 5.74) is 1.00. The van der Waals surface area contributed by atoms with Gasteiger partial charge < -0.3 is 15.7 Å². The molecule has 1 aromatic rings.